The van der Waals surface area contributed by atoms with Gasteiger partial charge in [-0.1, -0.05) is 23.2 Å². The van der Waals surface area contributed by atoms with Gasteiger partial charge in [-0.05, 0) is 56.7 Å². The molecule has 0 aliphatic heterocycles. The van der Waals surface area contributed by atoms with E-state index in [1.54, 1.807) is 22.8 Å². The maximum atomic E-state index is 13.8. The molecule has 0 atom stereocenters. The number of hydrogen-bond acceptors (Lipinski definition) is 2. The first-order valence-corrected chi connectivity index (χ1v) is 8.29. The predicted molar refractivity (Wildman–Crippen MR) is 95.9 cm³/mol. The summed E-state index contributed by atoms with van der Waals surface area (Å²) >= 11 is 17.6. The second-order valence-corrected chi connectivity index (χ2v) is 7.03. The van der Waals surface area contributed by atoms with E-state index in [0.717, 1.165) is 0 Å². The Balaban J connectivity index is 2.38. The number of nitrogens with zero attached hydrogens (tertiary/aromatic N) is 2. The molecule has 2 N–H and O–H groups in total. The fourth-order valence-electron chi connectivity index (χ4n) is 2.03. The summed E-state index contributed by atoms with van der Waals surface area (Å²) in [5, 5.41) is 0.678. The first-order valence-electron chi connectivity index (χ1n) is 5.67. The first kappa shape index (κ1) is 15.3. The lowest BCUT2D eigenvalue weighted by Crippen LogP contribution is -2.02. The number of nitrogens with two attached hydrogens (primary N) is 1. The Morgan fingerprint density at radius 3 is 2.67 bits per heavy atom. The van der Waals surface area contributed by atoms with Gasteiger partial charge < -0.3 is 5.73 Å². The van der Waals surface area contributed by atoms with E-state index in [4.69, 9.17) is 28.9 Å². The second kappa shape index (κ2) is 5.57. The van der Waals surface area contributed by atoms with Gasteiger partial charge in [0.25, 0.3) is 0 Å². The number of anilines is 1. The van der Waals surface area contributed by atoms with Crippen LogP contribution in [0.5, 0.6) is 0 Å². The standard InChI is InChI=1S/C13H6BrCl2FIN3/c14-5-1-2-9(12(16)11(5)15)21-10-3-6(17)7(18)4-8(10)20-13(21)19/h1-4H,(H2,19,20). The highest BCUT2D eigenvalue weighted by Gasteiger charge is 2.17. The molecule has 1 heterocycles. The van der Waals surface area contributed by atoms with Gasteiger partial charge in [-0.3, -0.25) is 4.57 Å². The van der Waals surface area contributed by atoms with Crippen LogP contribution in [0.4, 0.5) is 10.3 Å². The molecule has 0 bridgehead atoms. The summed E-state index contributed by atoms with van der Waals surface area (Å²) in [6.45, 7) is 0. The third kappa shape index (κ3) is 2.52. The Kier molecular flexibility index (Phi) is 4.06. The number of hydrogen-bond donors (Lipinski definition) is 1. The molecule has 2 aromatic carbocycles. The van der Waals surface area contributed by atoms with Crippen molar-refractivity contribution < 1.29 is 4.39 Å². The third-order valence-electron chi connectivity index (χ3n) is 2.98. The smallest absolute Gasteiger partial charge is 0.205 e. The number of fused-ring (bicyclic) bond motifs is 1. The monoisotopic (exact) mass is 499 g/mol. The fraction of sp³-hybridized carbons (Fsp3) is 0. The van der Waals surface area contributed by atoms with Crippen LogP contribution >= 0.6 is 61.7 Å². The summed E-state index contributed by atoms with van der Waals surface area (Å²) in [6, 6.07) is 6.50. The largest absolute Gasteiger partial charge is 0.369 e. The van der Waals surface area contributed by atoms with Crippen molar-refractivity contribution in [2.24, 2.45) is 0 Å². The number of benzene rings is 2. The Morgan fingerprint density at radius 2 is 1.95 bits per heavy atom. The van der Waals surface area contributed by atoms with Gasteiger partial charge >= 0.3 is 0 Å². The van der Waals surface area contributed by atoms with E-state index in [2.05, 4.69) is 20.9 Å². The molecule has 0 spiro atoms. The van der Waals surface area contributed by atoms with Gasteiger partial charge in [-0.25, -0.2) is 9.37 Å². The topological polar surface area (TPSA) is 43.8 Å². The van der Waals surface area contributed by atoms with E-state index >= 15 is 0 Å². The number of nitrogen functional groups attached to an aromatic ring is 1. The Labute approximate surface area is 151 Å². The minimum absolute atomic E-state index is 0.215. The molecule has 0 unspecified atom stereocenters. The SMILES string of the molecule is Nc1nc2cc(I)c(F)cc2n1-c1ccc(Br)c(Cl)c1Cl. The van der Waals surface area contributed by atoms with Crippen LogP contribution in [0, 0.1) is 9.39 Å². The van der Waals surface area contributed by atoms with E-state index in [0.29, 0.717) is 34.8 Å². The van der Waals surface area contributed by atoms with Gasteiger partial charge in [0.2, 0.25) is 5.95 Å². The average molecular weight is 501 g/mol. The van der Waals surface area contributed by atoms with E-state index in [9.17, 15) is 4.39 Å². The zero-order valence-electron chi connectivity index (χ0n) is 10.2. The van der Waals surface area contributed by atoms with Crippen molar-refractivity contribution in [2.45, 2.75) is 0 Å². The lowest BCUT2D eigenvalue weighted by atomic mass is 10.2. The number of imidazole rings is 1. The molecule has 3 aromatic rings. The minimum atomic E-state index is -0.344. The van der Waals surface area contributed by atoms with Gasteiger partial charge in [0.15, 0.2) is 0 Å². The van der Waals surface area contributed by atoms with Crippen LogP contribution in [0.25, 0.3) is 16.7 Å². The lowest BCUT2D eigenvalue weighted by Gasteiger charge is -2.11. The van der Waals surface area contributed by atoms with E-state index in [1.807, 2.05) is 22.6 Å². The first-order chi connectivity index (χ1) is 9.90. The summed E-state index contributed by atoms with van der Waals surface area (Å²) in [6.07, 6.45) is 0. The van der Waals surface area contributed by atoms with Gasteiger partial charge in [0, 0.05) is 10.5 Å². The molecule has 3 rings (SSSR count). The summed E-state index contributed by atoms with van der Waals surface area (Å²) in [7, 11) is 0. The highest BCUT2D eigenvalue weighted by molar-refractivity contribution is 14.1. The Hall–Kier alpha value is -0.570. The van der Waals surface area contributed by atoms with Crippen LogP contribution < -0.4 is 5.73 Å². The molecule has 0 radical (unpaired) electrons. The van der Waals surface area contributed by atoms with Crippen molar-refractivity contribution in [3.63, 3.8) is 0 Å². The maximum absolute atomic E-state index is 13.8. The molecule has 21 heavy (non-hydrogen) atoms. The van der Waals surface area contributed by atoms with Crippen molar-refractivity contribution in [3.05, 3.63) is 48.2 Å². The van der Waals surface area contributed by atoms with Crippen LogP contribution in [-0.4, -0.2) is 9.55 Å². The predicted octanol–water partition coefficient (Wildman–Crippen LogP) is 5.42. The summed E-state index contributed by atoms with van der Waals surface area (Å²) in [4.78, 5) is 4.24. The number of aromatic nitrogens is 2. The van der Waals surface area contributed by atoms with Gasteiger partial charge in [-0.2, -0.15) is 0 Å². The van der Waals surface area contributed by atoms with E-state index < -0.39 is 0 Å². The molecule has 1 aromatic heterocycles. The average Bonchev–Trinajstić information content (AvgIpc) is 2.73. The second-order valence-electron chi connectivity index (χ2n) is 4.25. The van der Waals surface area contributed by atoms with Crippen molar-refractivity contribution >= 4 is 78.7 Å². The van der Waals surface area contributed by atoms with E-state index in [1.165, 1.54) is 6.07 Å². The highest BCUT2D eigenvalue weighted by Crippen LogP contribution is 2.37. The Morgan fingerprint density at radius 1 is 1.24 bits per heavy atom. The molecular weight excluding hydrogens is 495 g/mol. The van der Waals surface area contributed by atoms with E-state index in [-0.39, 0.29) is 11.8 Å². The quantitative estimate of drug-likeness (QED) is 0.358. The van der Waals surface area contributed by atoms with Crippen LogP contribution in [0.1, 0.15) is 0 Å². The maximum Gasteiger partial charge on any atom is 0.205 e. The molecule has 0 saturated heterocycles. The molecule has 3 nitrogen and oxygen atoms in total. The molecule has 0 saturated carbocycles. The van der Waals surface area contributed by atoms with Crippen molar-refractivity contribution in [2.75, 3.05) is 5.73 Å². The molecule has 0 amide bonds. The van der Waals surface area contributed by atoms with Gasteiger partial charge in [0.05, 0.1) is 30.3 Å². The molecule has 0 fully saturated rings. The zero-order chi connectivity index (χ0) is 15.3. The Bertz CT molecular complexity index is 882. The molecule has 0 aliphatic carbocycles. The van der Waals surface area contributed by atoms with Crippen LogP contribution in [0.3, 0.4) is 0 Å². The molecular formula is C13H6BrCl2FIN3. The molecule has 108 valence electrons. The van der Waals surface area contributed by atoms with Crippen molar-refractivity contribution in [1.29, 1.82) is 0 Å². The van der Waals surface area contributed by atoms with Gasteiger partial charge in [0.1, 0.15) is 5.82 Å². The summed E-state index contributed by atoms with van der Waals surface area (Å²) in [5.41, 5.74) is 7.63. The van der Waals surface area contributed by atoms with Crippen molar-refractivity contribution in [3.8, 4) is 5.69 Å². The zero-order valence-corrected chi connectivity index (χ0v) is 15.4. The van der Waals surface area contributed by atoms with Gasteiger partial charge in [-0.15, -0.1) is 0 Å². The molecule has 8 heteroatoms. The summed E-state index contributed by atoms with van der Waals surface area (Å²) < 4.78 is 16.6. The van der Waals surface area contributed by atoms with Crippen LogP contribution in [0.2, 0.25) is 10.0 Å². The summed E-state index contributed by atoms with van der Waals surface area (Å²) in [5.74, 6) is -0.129. The normalized spacial score (nSPS) is 11.3. The third-order valence-corrected chi connectivity index (χ3v) is 5.57. The van der Waals surface area contributed by atoms with Crippen molar-refractivity contribution in [1.82, 2.24) is 9.55 Å². The highest BCUT2D eigenvalue weighted by atomic mass is 127. The minimum Gasteiger partial charge on any atom is -0.369 e. The number of rotatable bonds is 1. The van der Waals surface area contributed by atoms with Crippen LogP contribution in [0.15, 0.2) is 28.7 Å². The van der Waals surface area contributed by atoms with Crippen LogP contribution in [-0.2, 0) is 0 Å². The lowest BCUT2D eigenvalue weighted by molar-refractivity contribution is 0.622. The number of halogens is 5. The fourth-order valence-corrected chi connectivity index (χ4v) is 3.34. The molecule has 0 aliphatic rings.